The van der Waals surface area contributed by atoms with Gasteiger partial charge in [0.2, 0.25) is 0 Å². The molecule has 0 spiro atoms. The molecule has 0 aliphatic rings. The van der Waals surface area contributed by atoms with Crippen molar-refractivity contribution in [1.29, 1.82) is 0 Å². The number of rotatable bonds is 42. The minimum Gasteiger partial charge on any atom is -0.462 e. The van der Waals surface area contributed by atoms with E-state index in [4.69, 9.17) is 14.2 Å². The largest absolute Gasteiger partial charge is 0.462 e. The summed E-state index contributed by atoms with van der Waals surface area (Å²) in [5, 5.41) is 0. The Morgan fingerprint density at radius 1 is 0.308 bits per heavy atom. The maximum atomic E-state index is 12.6. The first kappa shape index (κ1) is 50.4. The van der Waals surface area contributed by atoms with Gasteiger partial charge < -0.3 is 14.2 Å². The minimum absolute atomic E-state index is 0.0634. The summed E-state index contributed by atoms with van der Waals surface area (Å²) < 4.78 is 16.6. The van der Waals surface area contributed by atoms with Crippen LogP contribution in [-0.2, 0) is 28.6 Å². The van der Waals surface area contributed by atoms with E-state index in [1.54, 1.807) is 0 Å². The van der Waals surface area contributed by atoms with E-state index in [9.17, 15) is 14.4 Å². The van der Waals surface area contributed by atoms with Gasteiger partial charge in [0.05, 0.1) is 0 Å². The summed E-state index contributed by atoms with van der Waals surface area (Å²) in [6.07, 6.45) is 42.5. The molecule has 0 bridgehead atoms. The highest BCUT2D eigenvalue weighted by Crippen LogP contribution is 2.16. The van der Waals surface area contributed by atoms with Crippen molar-refractivity contribution in [1.82, 2.24) is 0 Å². The third-order valence-electron chi connectivity index (χ3n) is 10.4. The number of carbonyl (C=O) groups is 3. The number of ether oxygens (including phenoxy) is 3. The summed E-state index contributed by atoms with van der Waals surface area (Å²) >= 11 is 0. The smallest absolute Gasteiger partial charge is 0.306 e. The van der Waals surface area contributed by atoms with E-state index >= 15 is 0 Å². The molecule has 0 heterocycles. The molecule has 6 nitrogen and oxygen atoms in total. The van der Waals surface area contributed by atoms with Crippen LogP contribution >= 0.6 is 0 Å². The van der Waals surface area contributed by atoms with Crippen molar-refractivity contribution in [2.45, 2.75) is 264 Å². The van der Waals surface area contributed by atoms with Gasteiger partial charge in [-0.25, -0.2) is 0 Å². The summed E-state index contributed by atoms with van der Waals surface area (Å²) in [6, 6.07) is 0. The maximum absolute atomic E-state index is 12.6. The molecular weight excluding hydrogens is 649 g/mol. The highest BCUT2D eigenvalue weighted by Gasteiger charge is 2.19. The molecule has 0 amide bonds. The molecule has 0 aliphatic carbocycles. The summed E-state index contributed by atoms with van der Waals surface area (Å²) in [6.45, 7) is 6.60. The molecule has 1 unspecified atom stereocenters. The second kappa shape index (κ2) is 42.2. The Labute approximate surface area is 323 Å². The number of hydrogen-bond acceptors (Lipinski definition) is 6. The van der Waals surface area contributed by atoms with Crippen LogP contribution in [0.3, 0.4) is 0 Å². The van der Waals surface area contributed by atoms with Crippen LogP contribution in [0.25, 0.3) is 0 Å². The Morgan fingerprint density at radius 3 is 0.769 bits per heavy atom. The van der Waals surface area contributed by atoms with Gasteiger partial charge in [-0.2, -0.15) is 0 Å². The van der Waals surface area contributed by atoms with Gasteiger partial charge in [0.15, 0.2) is 6.10 Å². The lowest BCUT2D eigenvalue weighted by molar-refractivity contribution is -0.167. The van der Waals surface area contributed by atoms with Crippen molar-refractivity contribution >= 4 is 17.9 Å². The van der Waals surface area contributed by atoms with Crippen LogP contribution in [0.15, 0.2) is 0 Å². The lowest BCUT2D eigenvalue weighted by Crippen LogP contribution is -2.30. The first-order valence-corrected chi connectivity index (χ1v) is 23.0. The second-order valence-electron chi connectivity index (χ2n) is 15.7. The van der Waals surface area contributed by atoms with Gasteiger partial charge in [0.1, 0.15) is 13.2 Å². The van der Waals surface area contributed by atoms with E-state index in [1.165, 1.54) is 161 Å². The topological polar surface area (TPSA) is 78.9 Å². The number of esters is 3. The SMILES string of the molecule is CCCCCCCCCCCCCCCCCCCCC(=O)OCC(COC(=O)CCCCCCCCCC)OC(=O)CCCCCCCCCC. The Bertz CT molecular complexity index is 768. The molecule has 52 heavy (non-hydrogen) atoms. The highest BCUT2D eigenvalue weighted by molar-refractivity contribution is 5.71. The third kappa shape index (κ3) is 39.6. The Hall–Kier alpha value is -1.59. The van der Waals surface area contributed by atoms with Crippen LogP contribution in [0.2, 0.25) is 0 Å². The predicted molar refractivity (Wildman–Crippen MR) is 220 cm³/mol. The molecular formula is C46H88O6. The van der Waals surface area contributed by atoms with Gasteiger partial charge in [-0.05, 0) is 19.3 Å². The first-order valence-electron chi connectivity index (χ1n) is 23.0. The van der Waals surface area contributed by atoms with Gasteiger partial charge in [-0.15, -0.1) is 0 Å². The van der Waals surface area contributed by atoms with Crippen LogP contribution in [0.1, 0.15) is 258 Å². The van der Waals surface area contributed by atoms with Gasteiger partial charge in [0, 0.05) is 19.3 Å². The van der Waals surface area contributed by atoms with Crippen LogP contribution in [0, 0.1) is 0 Å². The lowest BCUT2D eigenvalue weighted by atomic mass is 10.0. The van der Waals surface area contributed by atoms with Crippen molar-refractivity contribution in [2.75, 3.05) is 13.2 Å². The van der Waals surface area contributed by atoms with Gasteiger partial charge in [0.25, 0.3) is 0 Å². The molecule has 0 aromatic heterocycles. The molecule has 0 aromatic carbocycles. The monoisotopic (exact) mass is 737 g/mol. The Morgan fingerprint density at radius 2 is 0.519 bits per heavy atom. The van der Waals surface area contributed by atoms with Gasteiger partial charge >= 0.3 is 17.9 Å². The van der Waals surface area contributed by atoms with Crippen LogP contribution in [0.4, 0.5) is 0 Å². The Balaban J connectivity index is 4.15. The fourth-order valence-electron chi connectivity index (χ4n) is 6.85. The van der Waals surface area contributed by atoms with Gasteiger partial charge in [-0.3, -0.25) is 14.4 Å². The zero-order chi connectivity index (χ0) is 38.0. The molecule has 0 radical (unpaired) electrons. The fourth-order valence-corrected chi connectivity index (χ4v) is 6.85. The molecule has 0 rings (SSSR count). The summed E-state index contributed by atoms with van der Waals surface area (Å²) in [4.78, 5) is 37.5. The maximum Gasteiger partial charge on any atom is 0.306 e. The second-order valence-corrected chi connectivity index (χ2v) is 15.7. The molecule has 6 heteroatoms. The highest BCUT2D eigenvalue weighted by atomic mass is 16.6. The Kier molecular flexibility index (Phi) is 40.9. The lowest BCUT2D eigenvalue weighted by Gasteiger charge is -2.18. The van der Waals surface area contributed by atoms with E-state index in [1.807, 2.05) is 0 Å². The normalized spacial score (nSPS) is 11.8. The number of unbranched alkanes of at least 4 members (excludes halogenated alkanes) is 31. The average molecular weight is 737 g/mol. The summed E-state index contributed by atoms with van der Waals surface area (Å²) in [5.41, 5.74) is 0. The third-order valence-corrected chi connectivity index (χ3v) is 10.4. The van der Waals surface area contributed by atoms with Crippen molar-refractivity contribution in [3.05, 3.63) is 0 Å². The van der Waals surface area contributed by atoms with Crippen molar-refractivity contribution in [3.63, 3.8) is 0 Å². The number of carbonyl (C=O) groups excluding carboxylic acids is 3. The molecule has 0 saturated carbocycles. The van der Waals surface area contributed by atoms with Crippen LogP contribution < -0.4 is 0 Å². The molecule has 0 fully saturated rings. The molecule has 0 aliphatic heterocycles. The van der Waals surface area contributed by atoms with Crippen LogP contribution in [0.5, 0.6) is 0 Å². The molecule has 0 aromatic rings. The van der Waals surface area contributed by atoms with E-state index in [0.29, 0.717) is 19.3 Å². The number of hydrogen-bond donors (Lipinski definition) is 0. The van der Waals surface area contributed by atoms with Crippen molar-refractivity contribution in [2.24, 2.45) is 0 Å². The van der Waals surface area contributed by atoms with Crippen molar-refractivity contribution in [3.8, 4) is 0 Å². The summed E-state index contributed by atoms with van der Waals surface area (Å²) in [5.74, 6) is -0.860. The van der Waals surface area contributed by atoms with Gasteiger partial charge in [-0.1, -0.05) is 220 Å². The van der Waals surface area contributed by atoms with E-state index in [-0.39, 0.29) is 31.1 Å². The fraction of sp³-hybridized carbons (Fsp3) is 0.935. The van der Waals surface area contributed by atoms with Crippen molar-refractivity contribution < 1.29 is 28.6 Å². The summed E-state index contributed by atoms with van der Waals surface area (Å²) in [7, 11) is 0. The molecule has 0 saturated heterocycles. The standard InChI is InChI=1S/C46H88O6/c1-4-7-10-13-16-19-20-21-22-23-24-25-26-27-28-31-33-36-39-45(48)51-42-43(52-46(49)40-37-34-30-18-15-12-9-6-3)41-50-44(47)38-35-32-29-17-14-11-8-5-2/h43H,4-42H2,1-3H3. The zero-order valence-corrected chi connectivity index (χ0v) is 35.1. The first-order chi connectivity index (χ1) is 25.5. The molecule has 1 atom stereocenters. The minimum atomic E-state index is -0.756. The van der Waals surface area contributed by atoms with E-state index < -0.39 is 6.10 Å². The van der Waals surface area contributed by atoms with Crippen LogP contribution in [-0.4, -0.2) is 37.2 Å². The average Bonchev–Trinajstić information content (AvgIpc) is 3.14. The quantitative estimate of drug-likeness (QED) is 0.0353. The van der Waals surface area contributed by atoms with E-state index in [2.05, 4.69) is 20.8 Å². The zero-order valence-electron chi connectivity index (χ0n) is 35.1. The molecule has 0 N–H and O–H groups in total. The van der Waals surface area contributed by atoms with E-state index in [0.717, 1.165) is 57.8 Å². The molecule has 308 valence electrons. The predicted octanol–water partition coefficient (Wildman–Crippen LogP) is 14.5.